The maximum absolute atomic E-state index is 14.2. The van der Waals surface area contributed by atoms with Gasteiger partial charge in [0, 0.05) is 16.3 Å². The molecule has 0 fully saturated rings. The Kier molecular flexibility index (Phi) is 13.4. The van der Waals surface area contributed by atoms with E-state index in [1.165, 1.54) is 11.0 Å². The van der Waals surface area contributed by atoms with Crippen LogP contribution in [0.15, 0.2) is 163 Å². The average molecular weight is 728 g/mol. The van der Waals surface area contributed by atoms with Gasteiger partial charge >= 0.3 is 0 Å². The number of hydrogen-bond acceptors (Lipinski definition) is 5. The molecular formula is C43H38ClN3O4S. The van der Waals surface area contributed by atoms with Gasteiger partial charge in [0.2, 0.25) is 5.91 Å². The van der Waals surface area contributed by atoms with Crippen molar-refractivity contribution in [2.75, 3.05) is 5.75 Å². The minimum atomic E-state index is -0.705. The molecule has 1 aliphatic heterocycles. The van der Waals surface area contributed by atoms with Crippen molar-refractivity contribution in [1.82, 2.24) is 10.2 Å². The van der Waals surface area contributed by atoms with Crippen LogP contribution in [0.1, 0.15) is 40.8 Å². The Balaban J connectivity index is 1.40. The van der Waals surface area contributed by atoms with Gasteiger partial charge in [0.15, 0.2) is 5.17 Å². The Labute approximate surface area is 313 Å². The lowest BCUT2D eigenvalue weighted by molar-refractivity contribution is -0.126. The summed E-state index contributed by atoms with van der Waals surface area (Å²) in [7, 11) is 0. The Morgan fingerprint density at radius 1 is 0.942 bits per heavy atom. The number of amides is 3. The summed E-state index contributed by atoms with van der Waals surface area (Å²) in [6, 6.07) is 31.8. The molecule has 1 aliphatic rings. The smallest absolute Gasteiger partial charge is 0.285 e. The van der Waals surface area contributed by atoms with Crippen molar-refractivity contribution >= 4 is 52.3 Å². The second-order valence-corrected chi connectivity index (χ2v) is 12.9. The summed E-state index contributed by atoms with van der Waals surface area (Å²) in [5.41, 5.74) is 4.47. The van der Waals surface area contributed by atoms with E-state index in [1.54, 1.807) is 49.4 Å². The lowest BCUT2D eigenvalue weighted by Crippen LogP contribution is -2.42. The molecule has 0 unspecified atom stereocenters. The first kappa shape index (κ1) is 37.6. The fourth-order valence-electron chi connectivity index (χ4n) is 5.48. The first-order valence-electron chi connectivity index (χ1n) is 16.6. The van der Waals surface area contributed by atoms with Crippen LogP contribution in [0.5, 0.6) is 5.75 Å². The van der Waals surface area contributed by atoms with Crippen molar-refractivity contribution < 1.29 is 19.1 Å². The van der Waals surface area contributed by atoms with Crippen LogP contribution in [0.25, 0.3) is 6.08 Å². The fourth-order valence-corrected chi connectivity index (χ4v) is 6.47. The predicted molar refractivity (Wildman–Crippen MR) is 212 cm³/mol. The topological polar surface area (TPSA) is 88.1 Å². The van der Waals surface area contributed by atoms with Crippen LogP contribution in [0.2, 0.25) is 5.02 Å². The average Bonchev–Trinajstić information content (AvgIpc) is 3.16. The highest BCUT2D eigenvalue weighted by Gasteiger charge is 2.35. The number of thioether (sulfide) groups is 1. The molecule has 5 rings (SSSR count). The van der Waals surface area contributed by atoms with Crippen LogP contribution < -0.4 is 10.1 Å². The highest BCUT2D eigenvalue weighted by molar-refractivity contribution is 8.14. The van der Waals surface area contributed by atoms with Gasteiger partial charge in [-0.3, -0.25) is 19.3 Å². The lowest BCUT2D eigenvalue weighted by Gasteiger charge is -2.28. The van der Waals surface area contributed by atoms with Crippen LogP contribution in [0.4, 0.5) is 0 Å². The largest absolute Gasteiger partial charge is 0.489 e. The van der Waals surface area contributed by atoms with Crippen molar-refractivity contribution in [1.29, 1.82) is 0 Å². The van der Waals surface area contributed by atoms with Crippen LogP contribution >= 0.6 is 23.4 Å². The number of carbonyl (C=O) groups is 3. The summed E-state index contributed by atoms with van der Waals surface area (Å²) in [6.45, 7) is 9.66. The SMILES string of the molecule is C=C/C=C\C(=C/C)N1C(=O)/C(=C/c2ccc(OCc3ccccc3Cl)c(CC=C)c2)C(=O)N=C1SCC(=O)NC(c1ccccc1)c1ccccc1. The van der Waals surface area contributed by atoms with Crippen LogP contribution in [0, 0.1) is 0 Å². The third-order valence-electron chi connectivity index (χ3n) is 8.01. The maximum atomic E-state index is 14.2. The van der Waals surface area contributed by atoms with Gasteiger partial charge in [0.1, 0.15) is 17.9 Å². The number of nitrogens with zero attached hydrogens (tertiary/aromatic N) is 2. The molecule has 0 atom stereocenters. The molecule has 7 nitrogen and oxygen atoms in total. The van der Waals surface area contributed by atoms with Gasteiger partial charge in [-0.25, -0.2) is 0 Å². The monoisotopic (exact) mass is 727 g/mol. The standard InChI is InChI=1S/C43H38ClN3O4S/c1-4-7-22-35(6-3)47-42(50)36(27-30-24-25-38(33(26-30)16-5-2)51-28-34-21-14-15-23-37(34)44)41(49)46-43(47)52-29-39(48)45-40(31-17-10-8-11-18-31)32-19-12-9-13-20-32/h4-15,17-27,40H,1-2,16,28-29H2,3H3,(H,45,48)/b22-7-,35-6+,36-27+. The summed E-state index contributed by atoms with van der Waals surface area (Å²) in [5.74, 6) is -1.02. The third-order valence-corrected chi connectivity index (χ3v) is 9.32. The summed E-state index contributed by atoms with van der Waals surface area (Å²) >= 11 is 7.33. The Hall–Kier alpha value is -5.70. The second-order valence-electron chi connectivity index (χ2n) is 11.6. The number of allylic oxidation sites excluding steroid dienone is 5. The van der Waals surface area contributed by atoms with E-state index in [0.717, 1.165) is 34.0 Å². The molecule has 0 saturated heterocycles. The number of nitrogens with one attached hydrogen (secondary N) is 1. The zero-order valence-corrected chi connectivity index (χ0v) is 30.3. The van der Waals surface area contributed by atoms with Gasteiger partial charge in [0.05, 0.1) is 11.8 Å². The fraction of sp³-hybridized carbons (Fsp3) is 0.116. The van der Waals surface area contributed by atoms with Gasteiger partial charge in [-0.15, -0.1) is 6.58 Å². The van der Waals surface area contributed by atoms with Gasteiger partial charge in [-0.1, -0.05) is 139 Å². The lowest BCUT2D eigenvalue weighted by atomic mass is 9.99. The third kappa shape index (κ3) is 9.54. The Bertz CT molecular complexity index is 2030. The quantitative estimate of drug-likeness (QED) is 0.0606. The van der Waals surface area contributed by atoms with E-state index in [0.29, 0.717) is 28.5 Å². The molecule has 52 heavy (non-hydrogen) atoms. The molecule has 1 heterocycles. The number of halogens is 1. The molecule has 0 aliphatic carbocycles. The highest BCUT2D eigenvalue weighted by Crippen LogP contribution is 2.29. The van der Waals surface area contributed by atoms with Crippen LogP contribution in [0.3, 0.4) is 0 Å². The number of aliphatic imine (C=N–C) groups is 1. The summed E-state index contributed by atoms with van der Waals surface area (Å²) in [4.78, 5) is 46.8. The second kappa shape index (κ2) is 18.5. The number of carbonyl (C=O) groups excluding carboxylic acids is 3. The maximum Gasteiger partial charge on any atom is 0.285 e. The molecule has 4 aromatic rings. The van der Waals surface area contributed by atoms with E-state index < -0.39 is 17.9 Å². The predicted octanol–water partition coefficient (Wildman–Crippen LogP) is 9.04. The molecule has 0 saturated carbocycles. The summed E-state index contributed by atoms with van der Waals surface area (Å²) < 4.78 is 6.10. The first-order valence-corrected chi connectivity index (χ1v) is 18.0. The zero-order chi connectivity index (χ0) is 36.9. The van der Waals surface area contributed by atoms with Gasteiger partial charge in [-0.05, 0) is 65.9 Å². The van der Waals surface area contributed by atoms with Crippen LogP contribution in [-0.4, -0.2) is 33.5 Å². The molecule has 0 radical (unpaired) electrons. The zero-order valence-electron chi connectivity index (χ0n) is 28.7. The van der Waals surface area contributed by atoms with E-state index >= 15 is 0 Å². The molecule has 9 heteroatoms. The summed E-state index contributed by atoms with van der Waals surface area (Å²) in [6.07, 6.45) is 10.5. The normalized spacial score (nSPS) is 14.1. The molecule has 3 amide bonds. The van der Waals surface area contributed by atoms with Crippen molar-refractivity contribution in [3.8, 4) is 5.75 Å². The van der Waals surface area contributed by atoms with Gasteiger partial charge in [0.25, 0.3) is 11.8 Å². The molecule has 0 spiro atoms. The molecular weight excluding hydrogens is 690 g/mol. The Morgan fingerprint density at radius 2 is 1.62 bits per heavy atom. The van der Waals surface area contributed by atoms with Gasteiger partial charge in [-0.2, -0.15) is 4.99 Å². The number of rotatable bonds is 14. The van der Waals surface area contributed by atoms with Gasteiger partial charge < -0.3 is 10.1 Å². The van der Waals surface area contributed by atoms with E-state index in [2.05, 4.69) is 23.5 Å². The van der Waals surface area contributed by atoms with E-state index in [-0.39, 0.29) is 29.0 Å². The molecule has 4 aromatic carbocycles. The Morgan fingerprint density at radius 3 is 2.25 bits per heavy atom. The first-order chi connectivity index (χ1) is 25.3. The highest BCUT2D eigenvalue weighted by atomic mass is 35.5. The van der Waals surface area contributed by atoms with Crippen LogP contribution in [-0.2, 0) is 27.4 Å². The van der Waals surface area contributed by atoms with E-state index in [4.69, 9.17) is 16.3 Å². The van der Waals surface area contributed by atoms with Crippen molar-refractivity contribution in [2.24, 2.45) is 4.99 Å². The minimum absolute atomic E-state index is 0.0894. The number of benzene rings is 4. The molecule has 262 valence electrons. The minimum Gasteiger partial charge on any atom is -0.489 e. The van der Waals surface area contributed by atoms with Crippen molar-refractivity contribution in [2.45, 2.75) is 26.0 Å². The van der Waals surface area contributed by atoms with E-state index in [1.807, 2.05) is 91.0 Å². The molecule has 0 bridgehead atoms. The van der Waals surface area contributed by atoms with Crippen molar-refractivity contribution in [3.05, 3.63) is 191 Å². The number of amidine groups is 1. The molecule has 1 N–H and O–H groups in total. The number of ether oxygens (including phenoxy) is 1. The van der Waals surface area contributed by atoms with Crippen molar-refractivity contribution in [3.63, 3.8) is 0 Å². The summed E-state index contributed by atoms with van der Waals surface area (Å²) in [5, 5.41) is 3.81. The molecule has 0 aromatic heterocycles. The van der Waals surface area contributed by atoms with E-state index in [9.17, 15) is 14.4 Å². The number of hydrogen-bond donors (Lipinski definition) is 1.